The Morgan fingerprint density at radius 1 is 0.933 bits per heavy atom. The summed E-state index contributed by atoms with van der Waals surface area (Å²) in [7, 11) is 1.77. The molecule has 2 unspecified atom stereocenters. The smallest absolute Gasteiger partial charge is 0.258 e. The Labute approximate surface area is 174 Å². The SMILES string of the molecule is Cc1cccc(C2c3c(c4ccccc4n(C)c3=O)OC2C(=O)c2ccccc2)c1. The van der Waals surface area contributed by atoms with Gasteiger partial charge >= 0.3 is 0 Å². The zero-order chi connectivity index (χ0) is 20.8. The molecular weight excluding hydrogens is 374 g/mol. The number of ether oxygens (including phenoxy) is 1. The maximum atomic E-state index is 13.5. The van der Waals surface area contributed by atoms with E-state index in [1.165, 1.54) is 0 Å². The van der Waals surface area contributed by atoms with Gasteiger partial charge in [0.15, 0.2) is 6.10 Å². The Hall–Kier alpha value is -3.66. The van der Waals surface area contributed by atoms with Crippen LogP contribution in [0.1, 0.15) is 33.0 Å². The largest absolute Gasteiger partial charge is 0.480 e. The average molecular weight is 395 g/mol. The summed E-state index contributed by atoms with van der Waals surface area (Å²) in [6.07, 6.45) is -0.789. The van der Waals surface area contributed by atoms with Crippen LogP contribution in [0.2, 0.25) is 0 Å². The van der Waals surface area contributed by atoms with Crippen LogP contribution in [0.25, 0.3) is 10.9 Å². The summed E-state index contributed by atoms with van der Waals surface area (Å²) in [6, 6.07) is 24.8. The molecule has 1 aromatic heterocycles. The minimum Gasteiger partial charge on any atom is -0.480 e. The van der Waals surface area contributed by atoms with Crippen molar-refractivity contribution >= 4 is 16.7 Å². The second kappa shape index (κ2) is 6.99. The van der Waals surface area contributed by atoms with Crippen molar-refractivity contribution in [2.45, 2.75) is 18.9 Å². The Balaban J connectivity index is 1.78. The van der Waals surface area contributed by atoms with Crippen molar-refractivity contribution in [3.63, 3.8) is 0 Å². The highest BCUT2D eigenvalue weighted by Gasteiger charge is 2.44. The summed E-state index contributed by atoms with van der Waals surface area (Å²) >= 11 is 0. The first-order valence-corrected chi connectivity index (χ1v) is 10.0. The molecule has 0 amide bonds. The lowest BCUT2D eigenvalue weighted by Gasteiger charge is -2.19. The van der Waals surface area contributed by atoms with Gasteiger partial charge in [-0.2, -0.15) is 0 Å². The molecule has 4 nitrogen and oxygen atoms in total. The number of fused-ring (bicyclic) bond motifs is 3. The highest BCUT2D eigenvalue weighted by molar-refractivity contribution is 6.02. The molecule has 4 aromatic rings. The van der Waals surface area contributed by atoms with Crippen LogP contribution in [0.15, 0.2) is 83.7 Å². The van der Waals surface area contributed by atoms with Gasteiger partial charge in [-0.1, -0.05) is 72.3 Å². The molecule has 0 bridgehead atoms. The first kappa shape index (κ1) is 18.4. The van der Waals surface area contributed by atoms with Crippen molar-refractivity contribution in [1.82, 2.24) is 4.57 Å². The number of rotatable bonds is 3. The number of Topliss-reactive ketones (excluding diaryl/α,β-unsaturated/α-hetero) is 1. The Morgan fingerprint density at radius 3 is 2.43 bits per heavy atom. The van der Waals surface area contributed by atoms with Gasteiger partial charge in [-0.05, 0) is 24.6 Å². The first-order chi connectivity index (χ1) is 14.6. The van der Waals surface area contributed by atoms with Crippen molar-refractivity contribution in [2.75, 3.05) is 0 Å². The highest BCUT2D eigenvalue weighted by atomic mass is 16.5. The van der Waals surface area contributed by atoms with E-state index in [1.807, 2.05) is 73.7 Å². The molecule has 0 spiro atoms. The van der Waals surface area contributed by atoms with Crippen LogP contribution in [0.5, 0.6) is 5.75 Å². The van der Waals surface area contributed by atoms with E-state index in [2.05, 4.69) is 0 Å². The van der Waals surface area contributed by atoms with Gasteiger partial charge in [0.2, 0.25) is 5.78 Å². The standard InChI is InChI=1S/C26H21NO3/c1-16-9-8-12-18(15-16)21-22-24(19-13-6-7-14-20(19)27(2)26(22)29)30-25(21)23(28)17-10-4-3-5-11-17/h3-15,21,25H,1-2H3. The predicted octanol–water partition coefficient (Wildman–Crippen LogP) is 4.62. The lowest BCUT2D eigenvalue weighted by molar-refractivity contribution is 0.0808. The molecule has 1 aliphatic heterocycles. The molecule has 0 radical (unpaired) electrons. The monoisotopic (exact) mass is 395 g/mol. The van der Waals surface area contributed by atoms with Crippen LogP contribution in [0.4, 0.5) is 0 Å². The van der Waals surface area contributed by atoms with Crippen molar-refractivity contribution in [3.8, 4) is 5.75 Å². The summed E-state index contributed by atoms with van der Waals surface area (Å²) in [5, 5.41) is 0.843. The third-order valence-corrected chi connectivity index (χ3v) is 5.87. The van der Waals surface area contributed by atoms with Gasteiger partial charge in [-0.25, -0.2) is 0 Å². The van der Waals surface area contributed by atoms with Gasteiger partial charge in [-0.15, -0.1) is 0 Å². The van der Waals surface area contributed by atoms with E-state index in [9.17, 15) is 9.59 Å². The number of para-hydroxylation sites is 1. The number of hydrogen-bond donors (Lipinski definition) is 0. The number of carbonyl (C=O) groups is 1. The fraction of sp³-hybridized carbons (Fsp3) is 0.154. The molecule has 0 saturated heterocycles. The number of benzene rings is 3. The van der Waals surface area contributed by atoms with Crippen LogP contribution in [-0.4, -0.2) is 16.5 Å². The lowest BCUT2D eigenvalue weighted by Crippen LogP contribution is -2.32. The average Bonchev–Trinajstić information content (AvgIpc) is 3.18. The molecule has 4 heteroatoms. The molecule has 0 fully saturated rings. The highest BCUT2D eigenvalue weighted by Crippen LogP contribution is 2.45. The number of pyridine rings is 1. The maximum absolute atomic E-state index is 13.5. The quantitative estimate of drug-likeness (QED) is 0.476. The number of ketones is 1. The van der Waals surface area contributed by atoms with E-state index in [0.717, 1.165) is 22.0 Å². The normalized spacial score (nSPS) is 17.5. The van der Waals surface area contributed by atoms with Crippen LogP contribution in [0.3, 0.4) is 0 Å². The summed E-state index contributed by atoms with van der Waals surface area (Å²) in [5.41, 5.74) is 3.78. The van der Waals surface area contributed by atoms with Gasteiger partial charge in [0.05, 0.1) is 17.0 Å². The Kier molecular flexibility index (Phi) is 4.28. The fourth-order valence-electron chi connectivity index (χ4n) is 4.41. The van der Waals surface area contributed by atoms with Crippen LogP contribution < -0.4 is 10.3 Å². The van der Waals surface area contributed by atoms with E-state index in [4.69, 9.17) is 4.74 Å². The second-order valence-electron chi connectivity index (χ2n) is 7.78. The number of nitrogens with zero attached hydrogens (tertiary/aromatic N) is 1. The van der Waals surface area contributed by atoms with E-state index >= 15 is 0 Å². The molecule has 3 aromatic carbocycles. The van der Waals surface area contributed by atoms with Gasteiger partial charge in [0, 0.05) is 18.0 Å². The van der Waals surface area contributed by atoms with Crippen LogP contribution in [0, 0.1) is 6.92 Å². The van der Waals surface area contributed by atoms with Crippen molar-refractivity contribution in [3.05, 3.63) is 111 Å². The van der Waals surface area contributed by atoms with E-state index in [1.54, 1.807) is 23.7 Å². The first-order valence-electron chi connectivity index (χ1n) is 10.0. The molecule has 0 N–H and O–H groups in total. The molecule has 0 saturated carbocycles. The van der Waals surface area contributed by atoms with E-state index in [0.29, 0.717) is 16.9 Å². The lowest BCUT2D eigenvalue weighted by atomic mass is 9.84. The van der Waals surface area contributed by atoms with Gasteiger partial charge in [-0.3, -0.25) is 9.59 Å². The van der Waals surface area contributed by atoms with Gasteiger partial charge in [0.1, 0.15) is 5.75 Å². The minimum absolute atomic E-state index is 0.121. The molecular formula is C26H21NO3. The number of hydrogen-bond acceptors (Lipinski definition) is 3. The van der Waals surface area contributed by atoms with Crippen LogP contribution >= 0.6 is 0 Å². The van der Waals surface area contributed by atoms with E-state index in [-0.39, 0.29) is 11.3 Å². The number of aromatic nitrogens is 1. The maximum Gasteiger partial charge on any atom is 0.258 e. The summed E-state index contributed by atoms with van der Waals surface area (Å²) in [4.78, 5) is 26.9. The van der Waals surface area contributed by atoms with Gasteiger partial charge in [0.25, 0.3) is 5.56 Å². The summed E-state index contributed by atoms with van der Waals surface area (Å²) in [6.45, 7) is 2.01. The zero-order valence-corrected chi connectivity index (χ0v) is 16.8. The number of carbonyl (C=O) groups excluding carboxylic acids is 1. The molecule has 0 aliphatic carbocycles. The van der Waals surface area contributed by atoms with Crippen LogP contribution in [-0.2, 0) is 7.05 Å². The second-order valence-corrected chi connectivity index (χ2v) is 7.78. The fourth-order valence-corrected chi connectivity index (χ4v) is 4.41. The zero-order valence-electron chi connectivity index (χ0n) is 16.8. The van der Waals surface area contributed by atoms with Gasteiger partial charge < -0.3 is 9.30 Å². The topological polar surface area (TPSA) is 48.3 Å². The number of aryl methyl sites for hydroxylation is 2. The Morgan fingerprint density at radius 2 is 1.67 bits per heavy atom. The minimum atomic E-state index is -0.789. The third-order valence-electron chi connectivity index (χ3n) is 5.87. The predicted molar refractivity (Wildman–Crippen MR) is 117 cm³/mol. The van der Waals surface area contributed by atoms with Crippen molar-refractivity contribution < 1.29 is 9.53 Å². The van der Waals surface area contributed by atoms with Crippen molar-refractivity contribution in [2.24, 2.45) is 7.05 Å². The molecule has 30 heavy (non-hydrogen) atoms. The summed E-state index contributed by atoms with van der Waals surface area (Å²) in [5.74, 6) is -0.0603. The van der Waals surface area contributed by atoms with E-state index < -0.39 is 12.0 Å². The molecule has 2 heterocycles. The molecule has 5 rings (SSSR count). The molecule has 1 aliphatic rings. The summed E-state index contributed by atoms with van der Waals surface area (Å²) < 4.78 is 7.96. The third kappa shape index (κ3) is 2.76. The Bertz CT molecular complexity index is 1340. The van der Waals surface area contributed by atoms with Crippen molar-refractivity contribution in [1.29, 1.82) is 0 Å². The molecule has 148 valence electrons. The molecule has 2 atom stereocenters.